The first-order valence-corrected chi connectivity index (χ1v) is 12.4. The smallest absolute Gasteiger partial charge is 0.253 e. The van der Waals surface area contributed by atoms with E-state index in [1.807, 2.05) is 17.5 Å². The first kappa shape index (κ1) is 23.2. The zero-order chi connectivity index (χ0) is 24.4. The first-order chi connectivity index (χ1) is 17.0. The average molecular weight is 492 g/mol. The van der Waals surface area contributed by atoms with Gasteiger partial charge in [0.15, 0.2) is 5.78 Å². The van der Waals surface area contributed by atoms with Crippen LogP contribution in [0.5, 0.6) is 5.75 Å². The van der Waals surface area contributed by atoms with E-state index in [9.17, 15) is 19.5 Å². The van der Waals surface area contributed by atoms with Crippen LogP contribution >= 0.6 is 11.3 Å². The van der Waals surface area contributed by atoms with Crippen molar-refractivity contribution in [1.82, 2.24) is 15.2 Å². The van der Waals surface area contributed by atoms with Crippen LogP contribution in [0.2, 0.25) is 0 Å². The molecule has 180 valence electrons. The number of carbonyl (C=O) groups is 3. The van der Waals surface area contributed by atoms with E-state index in [2.05, 4.69) is 10.3 Å². The molecule has 2 aromatic heterocycles. The van der Waals surface area contributed by atoms with Gasteiger partial charge in [-0.15, -0.1) is 11.3 Å². The summed E-state index contributed by atoms with van der Waals surface area (Å²) < 4.78 is 5.59. The minimum atomic E-state index is -0.899. The first-order valence-electron chi connectivity index (χ1n) is 11.5. The van der Waals surface area contributed by atoms with Gasteiger partial charge in [-0.3, -0.25) is 19.4 Å². The Kier molecular flexibility index (Phi) is 6.61. The van der Waals surface area contributed by atoms with Gasteiger partial charge in [0.05, 0.1) is 11.7 Å². The normalized spacial score (nSPS) is 20.3. The summed E-state index contributed by atoms with van der Waals surface area (Å²) >= 11 is 1.55. The van der Waals surface area contributed by atoms with Gasteiger partial charge in [-0.2, -0.15) is 0 Å². The van der Waals surface area contributed by atoms with Crippen LogP contribution in [-0.4, -0.2) is 63.9 Å². The van der Waals surface area contributed by atoms with Crippen LogP contribution in [0.3, 0.4) is 0 Å². The van der Waals surface area contributed by atoms with Gasteiger partial charge in [0.1, 0.15) is 24.4 Å². The summed E-state index contributed by atoms with van der Waals surface area (Å²) in [6.45, 7) is 0.446. The van der Waals surface area contributed by atoms with E-state index in [0.29, 0.717) is 12.1 Å². The molecule has 0 spiro atoms. The molecule has 0 saturated carbocycles. The van der Waals surface area contributed by atoms with Crippen LogP contribution in [0.1, 0.15) is 28.8 Å². The van der Waals surface area contributed by atoms with Gasteiger partial charge in [-0.25, -0.2) is 0 Å². The monoisotopic (exact) mass is 491 g/mol. The van der Waals surface area contributed by atoms with Crippen LogP contribution in [0.25, 0.3) is 10.4 Å². The third kappa shape index (κ3) is 4.96. The Bertz CT molecular complexity index is 1230. The third-order valence-corrected chi connectivity index (χ3v) is 7.33. The Morgan fingerprint density at radius 1 is 1.23 bits per heavy atom. The summed E-state index contributed by atoms with van der Waals surface area (Å²) in [4.78, 5) is 46.2. The van der Waals surface area contributed by atoms with Crippen molar-refractivity contribution in [1.29, 1.82) is 0 Å². The van der Waals surface area contributed by atoms with Gasteiger partial charge in [-0.1, -0.05) is 18.2 Å². The number of phenolic OH excluding ortho intramolecular Hbond substituents is 1. The Balaban J connectivity index is 1.40. The molecule has 2 saturated heterocycles. The van der Waals surface area contributed by atoms with Crippen molar-refractivity contribution in [3.63, 3.8) is 0 Å². The Morgan fingerprint density at radius 3 is 2.83 bits per heavy atom. The number of Topliss-reactive ketones (excluding diaryl/α,β-unsaturated/α-hetero) is 1. The minimum Gasteiger partial charge on any atom is -0.508 e. The summed E-state index contributed by atoms with van der Waals surface area (Å²) in [7, 11) is 0. The SMILES string of the molecule is O=C(N[C@@H](Cc1ccc(O)cc1)C(=O)N1CCCC2OCC(=O)C21)c1cncc(-c2cccs2)c1. The highest BCUT2D eigenvalue weighted by Gasteiger charge is 2.45. The number of benzene rings is 1. The molecular formula is C26H25N3O5S. The molecule has 0 aliphatic carbocycles. The van der Waals surface area contributed by atoms with Gasteiger partial charge >= 0.3 is 0 Å². The number of ether oxygens (including phenoxy) is 1. The number of ketones is 1. The number of amides is 2. The molecule has 0 radical (unpaired) electrons. The fourth-order valence-corrected chi connectivity index (χ4v) is 5.40. The fourth-order valence-electron chi connectivity index (χ4n) is 4.69. The lowest BCUT2D eigenvalue weighted by Gasteiger charge is -2.37. The summed E-state index contributed by atoms with van der Waals surface area (Å²) in [5.41, 5.74) is 1.94. The molecule has 2 fully saturated rings. The predicted octanol–water partition coefficient (Wildman–Crippen LogP) is 2.82. The number of aromatic hydroxyl groups is 1. The van der Waals surface area contributed by atoms with Crippen molar-refractivity contribution in [3.8, 4) is 16.2 Å². The molecule has 0 bridgehead atoms. The largest absolute Gasteiger partial charge is 0.508 e. The number of likely N-dealkylation sites (tertiary alicyclic amines) is 1. The Morgan fingerprint density at radius 2 is 2.06 bits per heavy atom. The van der Waals surface area contributed by atoms with E-state index >= 15 is 0 Å². The van der Waals surface area contributed by atoms with Crippen molar-refractivity contribution in [2.45, 2.75) is 37.5 Å². The van der Waals surface area contributed by atoms with Crippen LogP contribution in [-0.2, 0) is 20.7 Å². The third-order valence-electron chi connectivity index (χ3n) is 6.41. The molecule has 4 heterocycles. The van der Waals surface area contributed by atoms with Gasteiger partial charge in [0, 0.05) is 35.8 Å². The maximum atomic E-state index is 13.7. The van der Waals surface area contributed by atoms with Gasteiger partial charge in [-0.05, 0) is 48.1 Å². The average Bonchev–Trinajstić information content (AvgIpc) is 3.55. The molecule has 2 amide bonds. The van der Waals surface area contributed by atoms with Crippen LogP contribution in [0.4, 0.5) is 0 Å². The van der Waals surface area contributed by atoms with E-state index in [1.54, 1.807) is 52.8 Å². The molecule has 8 nitrogen and oxygen atoms in total. The number of hydrogen-bond donors (Lipinski definition) is 2. The highest BCUT2D eigenvalue weighted by atomic mass is 32.1. The van der Waals surface area contributed by atoms with Gasteiger partial charge < -0.3 is 20.1 Å². The fraction of sp³-hybridized carbons (Fsp3) is 0.308. The number of aromatic nitrogens is 1. The second kappa shape index (κ2) is 9.97. The molecule has 9 heteroatoms. The maximum Gasteiger partial charge on any atom is 0.253 e. The molecular weight excluding hydrogens is 466 g/mol. The molecule has 2 N–H and O–H groups in total. The highest BCUT2D eigenvalue weighted by molar-refractivity contribution is 7.13. The Hall–Kier alpha value is -3.56. The summed E-state index contributed by atoms with van der Waals surface area (Å²) in [5, 5.41) is 14.5. The number of nitrogens with zero attached hydrogens (tertiary/aromatic N) is 2. The molecule has 2 aliphatic heterocycles. The second-order valence-electron chi connectivity index (χ2n) is 8.77. The zero-order valence-corrected chi connectivity index (χ0v) is 19.7. The molecule has 3 aromatic rings. The molecule has 1 aromatic carbocycles. The summed E-state index contributed by atoms with van der Waals surface area (Å²) in [5.74, 6) is -0.728. The van der Waals surface area contributed by atoms with Crippen molar-refractivity contribution >= 4 is 28.9 Å². The number of fused-ring (bicyclic) bond motifs is 1. The molecule has 5 rings (SSSR count). The van der Waals surface area contributed by atoms with Gasteiger partial charge in [0.2, 0.25) is 5.91 Å². The van der Waals surface area contributed by atoms with Crippen molar-refractivity contribution < 1.29 is 24.2 Å². The summed E-state index contributed by atoms with van der Waals surface area (Å²) in [6.07, 6.45) is 4.55. The van der Waals surface area contributed by atoms with E-state index < -0.39 is 18.0 Å². The zero-order valence-electron chi connectivity index (χ0n) is 18.9. The van der Waals surface area contributed by atoms with Crippen LogP contribution in [0, 0.1) is 0 Å². The molecule has 3 atom stereocenters. The van der Waals surface area contributed by atoms with Crippen LogP contribution in [0.15, 0.2) is 60.2 Å². The molecule has 35 heavy (non-hydrogen) atoms. The quantitative estimate of drug-likeness (QED) is 0.549. The van der Waals surface area contributed by atoms with E-state index in [1.165, 1.54) is 6.20 Å². The van der Waals surface area contributed by atoms with Crippen LogP contribution < -0.4 is 5.32 Å². The van der Waals surface area contributed by atoms with Gasteiger partial charge in [0.25, 0.3) is 5.91 Å². The van der Waals surface area contributed by atoms with E-state index in [4.69, 9.17) is 4.74 Å². The lowest BCUT2D eigenvalue weighted by atomic mass is 9.95. The number of hydrogen-bond acceptors (Lipinski definition) is 7. The number of thiophene rings is 1. The molecule has 2 unspecified atom stereocenters. The number of carbonyl (C=O) groups excluding carboxylic acids is 3. The number of pyridine rings is 1. The highest BCUT2D eigenvalue weighted by Crippen LogP contribution is 2.28. The number of nitrogens with one attached hydrogen (secondary N) is 1. The van der Waals surface area contributed by atoms with E-state index in [-0.39, 0.29) is 36.6 Å². The topological polar surface area (TPSA) is 109 Å². The van der Waals surface area contributed by atoms with E-state index in [0.717, 1.165) is 28.8 Å². The summed E-state index contributed by atoms with van der Waals surface area (Å²) in [6, 6.07) is 10.6. The van der Waals surface area contributed by atoms with Crippen molar-refractivity contribution in [2.24, 2.45) is 0 Å². The number of rotatable bonds is 6. The predicted molar refractivity (Wildman–Crippen MR) is 130 cm³/mol. The number of phenols is 1. The minimum absolute atomic E-state index is 0.00921. The standard InChI is InChI=1S/C26H25N3O5S/c30-19-7-5-16(6-8-19)11-20(26(33)29-9-1-3-22-24(29)21(31)15-34-22)28-25(32)18-12-17(13-27-14-18)23-4-2-10-35-23/h2,4-8,10,12-14,20,22,24,30H,1,3,9,11,15H2,(H,28,32)/t20-,22?,24?/m0/s1. The second-order valence-corrected chi connectivity index (χ2v) is 9.72. The van der Waals surface area contributed by atoms with Crippen molar-refractivity contribution in [3.05, 3.63) is 71.4 Å². The Labute approximate surface area is 206 Å². The lowest BCUT2D eigenvalue weighted by molar-refractivity contribution is -0.142. The number of piperidine rings is 1. The lowest BCUT2D eigenvalue weighted by Crippen LogP contribution is -2.58. The van der Waals surface area contributed by atoms with Crippen molar-refractivity contribution in [2.75, 3.05) is 13.2 Å². The molecule has 2 aliphatic rings. The maximum absolute atomic E-state index is 13.7.